The molecule has 0 saturated carbocycles. The van der Waals surface area contributed by atoms with E-state index in [0.717, 1.165) is 29.8 Å². The normalized spacial score (nSPS) is 13.8. The maximum absolute atomic E-state index is 12.3. The lowest BCUT2D eigenvalue weighted by Crippen LogP contribution is -2.10. The van der Waals surface area contributed by atoms with Crippen molar-refractivity contribution in [2.75, 3.05) is 5.32 Å². The molecule has 0 fully saturated rings. The van der Waals surface area contributed by atoms with Crippen LogP contribution in [0.2, 0.25) is 0 Å². The highest BCUT2D eigenvalue weighted by molar-refractivity contribution is 7.14. The molecule has 0 aliphatic heterocycles. The summed E-state index contributed by atoms with van der Waals surface area (Å²) in [5.41, 5.74) is 3.54. The Balaban J connectivity index is 1.73. The number of carbonyl (C=O) groups excluding carboxylic acids is 1. The number of hydrogen-bond donors (Lipinski definition) is 1. The van der Waals surface area contributed by atoms with Crippen LogP contribution in [0.1, 0.15) is 45.4 Å². The van der Waals surface area contributed by atoms with E-state index >= 15 is 0 Å². The first kappa shape index (κ1) is 13.4. The van der Waals surface area contributed by atoms with Gasteiger partial charge in [-0.2, -0.15) is 0 Å². The van der Waals surface area contributed by atoms with E-state index < -0.39 is 0 Å². The van der Waals surface area contributed by atoms with Crippen molar-refractivity contribution in [3.05, 3.63) is 51.2 Å². The Kier molecular flexibility index (Phi) is 3.88. The predicted octanol–water partition coefficient (Wildman–Crippen LogP) is 4.44. The van der Waals surface area contributed by atoms with Gasteiger partial charge >= 0.3 is 0 Å². The molecule has 2 aromatic rings. The molecule has 3 rings (SSSR count). The summed E-state index contributed by atoms with van der Waals surface area (Å²) in [5.74, 6) is 0.0219. The van der Waals surface area contributed by atoms with Crippen molar-refractivity contribution in [1.29, 1.82) is 0 Å². The minimum absolute atomic E-state index is 0.0219. The molecule has 3 heteroatoms. The molecule has 2 nitrogen and oxygen atoms in total. The Labute approximate surface area is 123 Å². The molecule has 1 aliphatic carbocycles. The van der Waals surface area contributed by atoms with Gasteiger partial charge in [-0.05, 0) is 61.4 Å². The summed E-state index contributed by atoms with van der Waals surface area (Å²) >= 11 is 1.66. The molecule has 0 radical (unpaired) electrons. The third-order valence-electron chi connectivity index (χ3n) is 3.84. The number of amides is 1. The Morgan fingerprint density at radius 1 is 1.20 bits per heavy atom. The van der Waals surface area contributed by atoms with Crippen LogP contribution in [0.3, 0.4) is 0 Å². The second-order valence-electron chi connectivity index (χ2n) is 5.27. The summed E-state index contributed by atoms with van der Waals surface area (Å²) in [6.07, 6.45) is 5.80. The van der Waals surface area contributed by atoms with Crippen LogP contribution in [0, 0.1) is 0 Å². The zero-order valence-electron chi connectivity index (χ0n) is 11.7. The molecule has 1 aromatic carbocycles. The van der Waals surface area contributed by atoms with E-state index in [1.54, 1.807) is 11.3 Å². The molecule has 104 valence electrons. The van der Waals surface area contributed by atoms with E-state index in [4.69, 9.17) is 0 Å². The molecule has 0 unspecified atom stereocenters. The van der Waals surface area contributed by atoms with E-state index in [-0.39, 0.29) is 5.91 Å². The maximum atomic E-state index is 12.3. The van der Waals surface area contributed by atoms with Gasteiger partial charge in [0.2, 0.25) is 0 Å². The number of thiophene rings is 1. The van der Waals surface area contributed by atoms with E-state index in [9.17, 15) is 4.79 Å². The first-order valence-electron chi connectivity index (χ1n) is 7.28. The zero-order valence-corrected chi connectivity index (χ0v) is 12.6. The SMILES string of the molecule is CCc1ccc(NC(=O)c2cc3c(s2)CCCC3)cc1. The average Bonchev–Trinajstić information content (AvgIpc) is 2.92. The fourth-order valence-electron chi connectivity index (χ4n) is 2.62. The molecule has 0 bridgehead atoms. The van der Waals surface area contributed by atoms with Crippen molar-refractivity contribution in [3.63, 3.8) is 0 Å². The standard InChI is InChI=1S/C17H19NOS/c1-2-12-7-9-14(10-8-12)18-17(19)16-11-13-5-3-4-6-15(13)20-16/h7-11H,2-6H2,1H3,(H,18,19). The summed E-state index contributed by atoms with van der Waals surface area (Å²) in [6, 6.07) is 10.2. The number of benzene rings is 1. The maximum Gasteiger partial charge on any atom is 0.265 e. The molecule has 1 aromatic heterocycles. The van der Waals surface area contributed by atoms with Crippen LogP contribution in [0.25, 0.3) is 0 Å². The van der Waals surface area contributed by atoms with Gasteiger partial charge in [-0.3, -0.25) is 4.79 Å². The summed E-state index contributed by atoms with van der Waals surface area (Å²) in [5, 5.41) is 2.99. The van der Waals surface area contributed by atoms with Crippen LogP contribution in [0.15, 0.2) is 30.3 Å². The van der Waals surface area contributed by atoms with E-state index in [2.05, 4.69) is 30.4 Å². The molecule has 0 saturated heterocycles. The monoisotopic (exact) mass is 285 g/mol. The smallest absolute Gasteiger partial charge is 0.265 e. The van der Waals surface area contributed by atoms with Gasteiger partial charge in [0.1, 0.15) is 0 Å². The molecule has 1 amide bonds. The van der Waals surface area contributed by atoms with Gasteiger partial charge in [-0.15, -0.1) is 11.3 Å². The molecular formula is C17H19NOS. The Morgan fingerprint density at radius 2 is 1.95 bits per heavy atom. The molecule has 1 heterocycles. The largest absolute Gasteiger partial charge is 0.321 e. The number of hydrogen-bond acceptors (Lipinski definition) is 2. The number of rotatable bonds is 3. The van der Waals surface area contributed by atoms with Gasteiger partial charge in [-0.25, -0.2) is 0 Å². The van der Waals surface area contributed by atoms with Gasteiger partial charge in [-0.1, -0.05) is 19.1 Å². The van der Waals surface area contributed by atoms with Crippen molar-refractivity contribution >= 4 is 22.9 Å². The third-order valence-corrected chi connectivity index (χ3v) is 5.08. The second-order valence-corrected chi connectivity index (χ2v) is 6.41. The Bertz CT molecular complexity index is 589. The topological polar surface area (TPSA) is 29.1 Å². The predicted molar refractivity (Wildman–Crippen MR) is 84.7 cm³/mol. The molecule has 0 atom stereocenters. The van der Waals surface area contributed by atoms with Crippen LogP contribution in [0.5, 0.6) is 0 Å². The van der Waals surface area contributed by atoms with Crippen LogP contribution in [-0.4, -0.2) is 5.91 Å². The molecule has 1 N–H and O–H groups in total. The Morgan fingerprint density at radius 3 is 2.65 bits per heavy atom. The lowest BCUT2D eigenvalue weighted by Gasteiger charge is -2.08. The lowest BCUT2D eigenvalue weighted by atomic mass is 9.99. The van der Waals surface area contributed by atoms with Crippen molar-refractivity contribution in [2.45, 2.75) is 39.0 Å². The number of anilines is 1. The number of fused-ring (bicyclic) bond motifs is 1. The highest BCUT2D eigenvalue weighted by atomic mass is 32.1. The quantitative estimate of drug-likeness (QED) is 0.887. The average molecular weight is 285 g/mol. The highest BCUT2D eigenvalue weighted by Crippen LogP contribution is 2.30. The van der Waals surface area contributed by atoms with Crippen LogP contribution in [0.4, 0.5) is 5.69 Å². The van der Waals surface area contributed by atoms with E-state index in [0.29, 0.717) is 0 Å². The number of carbonyl (C=O) groups is 1. The summed E-state index contributed by atoms with van der Waals surface area (Å²) in [7, 11) is 0. The van der Waals surface area contributed by atoms with Gasteiger partial charge < -0.3 is 5.32 Å². The van der Waals surface area contributed by atoms with E-state index in [1.807, 2.05) is 12.1 Å². The molecule has 0 spiro atoms. The molecule has 20 heavy (non-hydrogen) atoms. The van der Waals surface area contributed by atoms with E-state index in [1.165, 1.54) is 28.8 Å². The van der Waals surface area contributed by atoms with Gasteiger partial charge in [0.25, 0.3) is 5.91 Å². The summed E-state index contributed by atoms with van der Waals surface area (Å²) in [6.45, 7) is 2.13. The molecule has 1 aliphatic rings. The highest BCUT2D eigenvalue weighted by Gasteiger charge is 2.17. The lowest BCUT2D eigenvalue weighted by molar-refractivity contribution is 0.103. The molecular weight excluding hydrogens is 266 g/mol. The van der Waals surface area contributed by atoms with Gasteiger partial charge in [0, 0.05) is 10.6 Å². The van der Waals surface area contributed by atoms with Crippen LogP contribution in [-0.2, 0) is 19.3 Å². The fraction of sp³-hybridized carbons (Fsp3) is 0.353. The Hall–Kier alpha value is -1.61. The number of nitrogens with one attached hydrogen (secondary N) is 1. The van der Waals surface area contributed by atoms with Crippen molar-refractivity contribution in [2.24, 2.45) is 0 Å². The minimum Gasteiger partial charge on any atom is -0.321 e. The van der Waals surface area contributed by atoms with Crippen LogP contribution < -0.4 is 5.32 Å². The van der Waals surface area contributed by atoms with Crippen molar-refractivity contribution < 1.29 is 4.79 Å². The fourth-order valence-corrected chi connectivity index (χ4v) is 3.77. The minimum atomic E-state index is 0.0219. The second kappa shape index (κ2) is 5.80. The summed E-state index contributed by atoms with van der Waals surface area (Å²) < 4.78 is 0. The van der Waals surface area contributed by atoms with Gasteiger partial charge in [0.15, 0.2) is 0 Å². The van der Waals surface area contributed by atoms with Gasteiger partial charge in [0.05, 0.1) is 4.88 Å². The third kappa shape index (κ3) is 2.78. The van der Waals surface area contributed by atoms with Crippen LogP contribution >= 0.6 is 11.3 Å². The van der Waals surface area contributed by atoms with Crippen molar-refractivity contribution in [3.8, 4) is 0 Å². The first-order valence-corrected chi connectivity index (χ1v) is 8.10. The number of aryl methyl sites for hydroxylation is 3. The summed E-state index contributed by atoms with van der Waals surface area (Å²) in [4.78, 5) is 14.5. The first-order chi connectivity index (χ1) is 9.76. The zero-order chi connectivity index (χ0) is 13.9. The van der Waals surface area contributed by atoms with Crippen molar-refractivity contribution in [1.82, 2.24) is 0 Å².